The van der Waals surface area contributed by atoms with Gasteiger partial charge in [-0.25, -0.2) is 0 Å². The largest absolute Gasteiger partial charge is 0.495 e. The Bertz CT molecular complexity index is 799. The Morgan fingerprint density at radius 1 is 1.04 bits per heavy atom. The number of hydrogen-bond donors (Lipinski definition) is 1. The molecule has 0 radical (unpaired) electrons. The van der Waals surface area contributed by atoms with Gasteiger partial charge < -0.3 is 10.1 Å². The van der Waals surface area contributed by atoms with Crippen LogP contribution >= 0.6 is 0 Å². The number of unbranched alkanes of at least 4 members (excludes halogenated alkanes) is 1. The minimum atomic E-state index is 0.842. The van der Waals surface area contributed by atoms with Gasteiger partial charge in [0, 0.05) is 11.6 Å². The van der Waals surface area contributed by atoms with Gasteiger partial charge in [-0.15, -0.1) is 0 Å². The average Bonchev–Trinajstić information content (AvgIpc) is 2.61. The van der Waals surface area contributed by atoms with E-state index >= 15 is 0 Å². The van der Waals surface area contributed by atoms with Gasteiger partial charge in [0.2, 0.25) is 0 Å². The molecule has 3 nitrogen and oxygen atoms in total. The van der Waals surface area contributed by atoms with Gasteiger partial charge in [0.25, 0.3) is 0 Å². The number of hydrogen-bond acceptors (Lipinski definition) is 3. The normalized spacial score (nSPS) is 10.7. The number of benzene rings is 2. The summed E-state index contributed by atoms with van der Waals surface area (Å²) in [5.74, 6) is 0.842. The van der Waals surface area contributed by atoms with Crippen molar-refractivity contribution in [2.45, 2.75) is 26.2 Å². The lowest BCUT2D eigenvalue weighted by Gasteiger charge is -2.16. The van der Waals surface area contributed by atoms with E-state index in [1.807, 2.05) is 42.6 Å². The van der Waals surface area contributed by atoms with Gasteiger partial charge in [-0.3, -0.25) is 4.98 Å². The fraction of sp³-hybridized carbons (Fsp3) is 0.250. The molecule has 2 aromatic carbocycles. The zero-order chi connectivity index (χ0) is 16.1. The minimum Gasteiger partial charge on any atom is -0.495 e. The summed E-state index contributed by atoms with van der Waals surface area (Å²) < 4.78 is 5.47. The first kappa shape index (κ1) is 15.3. The lowest BCUT2D eigenvalue weighted by Crippen LogP contribution is -2.01. The fourth-order valence-corrected chi connectivity index (χ4v) is 2.77. The molecule has 0 aliphatic rings. The highest BCUT2D eigenvalue weighted by molar-refractivity contribution is 5.95. The Hall–Kier alpha value is -2.55. The predicted molar refractivity (Wildman–Crippen MR) is 96.6 cm³/mol. The molecule has 0 aliphatic carbocycles. The molecule has 0 aliphatic heterocycles. The number of methoxy groups -OCH3 is 1. The maximum Gasteiger partial charge on any atom is 0.142 e. The molecule has 0 saturated carbocycles. The zero-order valence-corrected chi connectivity index (χ0v) is 13.7. The maximum absolute atomic E-state index is 5.47. The van der Waals surface area contributed by atoms with Crippen LogP contribution in [0.25, 0.3) is 10.9 Å². The van der Waals surface area contributed by atoms with Gasteiger partial charge in [0.1, 0.15) is 5.75 Å². The van der Waals surface area contributed by atoms with E-state index < -0.39 is 0 Å². The van der Waals surface area contributed by atoms with E-state index in [-0.39, 0.29) is 0 Å². The van der Waals surface area contributed by atoms with E-state index in [9.17, 15) is 0 Å². The van der Waals surface area contributed by atoms with Gasteiger partial charge in [-0.1, -0.05) is 43.7 Å². The number of pyridine rings is 1. The van der Waals surface area contributed by atoms with Crippen LogP contribution in [0, 0.1) is 0 Å². The monoisotopic (exact) mass is 306 g/mol. The molecule has 3 aromatic rings. The van der Waals surface area contributed by atoms with E-state index in [2.05, 4.69) is 29.4 Å². The van der Waals surface area contributed by atoms with Crippen molar-refractivity contribution in [1.29, 1.82) is 0 Å². The molecule has 1 N–H and O–H groups in total. The summed E-state index contributed by atoms with van der Waals surface area (Å²) in [7, 11) is 1.70. The van der Waals surface area contributed by atoms with Crippen LogP contribution in [0.3, 0.4) is 0 Å². The van der Waals surface area contributed by atoms with Crippen LogP contribution in [-0.2, 0) is 6.42 Å². The zero-order valence-electron chi connectivity index (χ0n) is 13.7. The molecule has 0 saturated heterocycles. The molecule has 0 fully saturated rings. The van der Waals surface area contributed by atoms with Crippen molar-refractivity contribution < 1.29 is 4.74 Å². The predicted octanol–water partition coefficient (Wildman–Crippen LogP) is 5.33. The van der Waals surface area contributed by atoms with Crippen molar-refractivity contribution in [3.63, 3.8) is 0 Å². The fourth-order valence-electron chi connectivity index (χ4n) is 2.77. The number of nitrogens with one attached hydrogen (secondary N) is 1. The number of fused-ring (bicyclic) bond motifs is 1. The van der Waals surface area contributed by atoms with Crippen molar-refractivity contribution in [3.8, 4) is 5.75 Å². The van der Waals surface area contributed by atoms with Gasteiger partial charge in [-0.05, 0) is 36.6 Å². The van der Waals surface area contributed by atoms with Crippen molar-refractivity contribution in [1.82, 2.24) is 4.98 Å². The average molecular weight is 306 g/mol. The first-order valence-electron chi connectivity index (χ1n) is 8.10. The van der Waals surface area contributed by atoms with Crippen molar-refractivity contribution in [2.75, 3.05) is 12.4 Å². The van der Waals surface area contributed by atoms with Crippen LogP contribution in [0.15, 0.2) is 54.7 Å². The number of anilines is 2. The van der Waals surface area contributed by atoms with Gasteiger partial charge >= 0.3 is 0 Å². The highest BCUT2D eigenvalue weighted by atomic mass is 16.5. The number of aromatic nitrogens is 1. The minimum absolute atomic E-state index is 0.842. The summed E-state index contributed by atoms with van der Waals surface area (Å²) in [6.07, 6.45) is 5.34. The second-order valence-electron chi connectivity index (χ2n) is 5.60. The first-order chi connectivity index (χ1) is 11.3. The lowest BCUT2D eigenvalue weighted by molar-refractivity contribution is 0.417. The highest BCUT2D eigenvalue weighted by Gasteiger charge is 2.11. The third kappa shape index (κ3) is 3.29. The molecule has 0 spiro atoms. The molecule has 0 unspecified atom stereocenters. The Kier molecular flexibility index (Phi) is 4.77. The third-order valence-electron chi connectivity index (χ3n) is 4.02. The molecule has 1 aromatic heterocycles. The SMILES string of the molecule is CCCCc1cnc2ccccc2c1Nc1ccccc1OC. The Balaban J connectivity index is 2.09. The molecule has 118 valence electrons. The van der Waals surface area contributed by atoms with Crippen molar-refractivity contribution >= 4 is 22.3 Å². The Labute approximate surface area is 137 Å². The number of nitrogens with zero attached hydrogens (tertiary/aromatic N) is 1. The van der Waals surface area contributed by atoms with Crippen LogP contribution in [-0.4, -0.2) is 12.1 Å². The summed E-state index contributed by atoms with van der Waals surface area (Å²) in [4.78, 5) is 4.61. The second kappa shape index (κ2) is 7.14. The summed E-state index contributed by atoms with van der Waals surface area (Å²) >= 11 is 0. The van der Waals surface area contributed by atoms with E-state index in [4.69, 9.17) is 4.74 Å². The van der Waals surface area contributed by atoms with E-state index in [0.717, 1.165) is 40.9 Å². The van der Waals surface area contributed by atoms with Crippen molar-refractivity contribution in [3.05, 3.63) is 60.3 Å². The number of para-hydroxylation sites is 3. The van der Waals surface area contributed by atoms with Crippen LogP contribution in [0.1, 0.15) is 25.3 Å². The van der Waals surface area contributed by atoms with E-state index in [0.29, 0.717) is 0 Å². The highest BCUT2D eigenvalue weighted by Crippen LogP contribution is 2.33. The summed E-state index contributed by atoms with van der Waals surface area (Å²) in [6.45, 7) is 2.21. The van der Waals surface area contributed by atoms with Gasteiger partial charge in [0.05, 0.1) is 24.0 Å². The standard InChI is InChI=1S/C20H22N2O/c1-3-4-9-15-14-21-17-11-6-5-10-16(17)20(15)22-18-12-7-8-13-19(18)23-2/h5-8,10-14H,3-4,9H2,1-2H3,(H,21,22). The topological polar surface area (TPSA) is 34.2 Å². The molecular weight excluding hydrogens is 284 g/mol. The number of rotatable bonds is 6. The van der Waals surface area contributed by atoms with E-state index in [1.165, 1.54) is 12.0 Å². The van der Waals surface area contributed by atoms with Crippen molar-refractivity contribution in [2.24, 2.45) is 0 Å². The first-order valence-corrected chi connectivity index (χ1v) is 8.10. The lowest BCUT2D eigenvalue weighted by atomic mass is 10.0. The Morgan fingerprint density at radius 2 is 1.83 bits per heavy atom. The molecule has 1 heterocycles. The summed E-state index contributed by atoms with van der Waals surface area (Å²) in [5.41, 5.74) is 4.36. The molecule has 23 heavy (non-hydrogen) atoms. The second-order valence-corrected chi connectivity index (χ2v) is 5.60. The third-order valence-corrected chi connectivity index (χ3v) is 4.02. The molecule has 3 heteroatoms. The number of aryl methyl sites for hydroxylation is 1. The molecule has 0 bridgehead atoms. The van der Waals surface area contributed by atoms with Gasteiger partial charge in [0.15, 0.2) is 0 Å². The number of ether oxygens (including phenoxy) is 1. The van der Waals surface area contributed by atoms with Gasteiger partial charge in [-0.2, -0.15) is 0 Å². The molecule has 3 rings (SSSR count). The molecule has 0 amide bonds. The Morgan fingerprint density at radius 3 is 2.65 bits per heavy atom. The molecule has 0 atom stereocenters. The van der Waals surface area contributed by atoms with Crippen LogP contribution in [0.5, 0.6) is 5.75 Å². The summed E-state index contributed by atoms with van der Waals surface area (Å²) in [5, 5.41) is 4.72. The van der Waals surface area contributed by atoms with Crippen LogP contribution in [0.2, 0.25) is 0 Å². The van der Waals surface area contributed by atoms with Crippen LogP contribution < -0.4 is 10.1 Å². The summed E-state index contributed by atoms with van der Waals surface area (Å²) in [6, 6.07) is 16.2. The molecular formula is C20H22N2O. The van der Waals surface area contributed by atoms with Crippen LogP contribution in [0.4, 0.5) is 11.4 Å². The smallest absolute Gasteiger partial charge is 0.142 e. The maximum atomic E-state index is 5.47. The quantitative estimate of drug-likeness (QED) is 0.668. The van der Waals surface area contributed by atoms with E-state index in [1.54, 1.807) is 7.11 Å².